The van der Waals surface area contributed by atoms with Crippen LogP contribution >= 0.6 is 22.9 Å². The van der Waals surface area contributed by atoms with E-state index in [4.69, 9.17) is 11.6 Å². The van der Waals surface area contributed by atoms with Crippen LogP contribution in [0.3, 0.4) is 0 Å². The molecule has 0 bridgehead atoms. The van der Waals surface area contributed by atoms with Gasteiger partial charge >= 0.3 is 0 Å². The van der Waals surface area contributed by atoms with E-state index in [0.29, 0.717) is 6.04 Å². The zero-order chi connectivity index (χ0) is 14.7. The van der Waals surface area contributed by atoms with E-state index in [0.717, 1.165) is 30.5 Å². The van der Waals surface area contributed by atoms with E-state index in [-0.39, 0.29) is 0 Å². The van der Waals surface area contributed by atoms with Crippen LogP contribution in [0.15, 0.2) is 29.8 Å². The summed E-state index contributed by atoms with van der Waals surface area (Å²) >= 11 is 7.73. The summed E-state index contributed by atoms with van der Waals surface area (Å²) in [5, 5.41) is 11.0. The summed E-state index contributed by atoms with van der Waals surface area (Å²) in [7, 11) is 2.19. The second-order valence-electron chi connectivity index (χ2n) is 5.47. The van der Waals surface area contributed by atoms with Crippen LogP contribution in [0.2, 0.25) is 5.02 Å². The molecule has 0 N–H and O–H groups in total. The highest BCUT2D eigenvalue weighted by atomic mass is 35.5. The lowest BCUT2D eigenvalue weighted by Gasteiger charge is -2.37. The minimum atomic E-state index is 0.543. The Morgan fingerprint density at radius 1 is 1.52 bits per heavy atom. The first-order valence-corrected chi connectivity index (χ1v) is 8.44. The van der Waals surface area contributed by atoms with Crippen LogP contribution in [0.5, 0.6) is 0 Å². The standard InChI is InChI=1S/C15H19ClN4S/c1-19(10-14-8-12(16)11-21-14)13-4-3-7-20(9-13)15-5-2-6-17-18-15/h2,5-6,8,11,13H,3-4,7,9-10H2,1H3/t13-/m1/s1. The number of hydrogen-bond donors (Lipinski definition) is 0. The van der Waals surface area contributed by atoms with Crippen LogP contribution in [-0.2, 0) is 6.54 Å². The smallest absolute Gasteiger partial charge is 0.151 e. The van der Waals surface area contributed by atoms with Crippen molar-refractivity contribution in [1.29, 1.82) is 0 Å². The fraction of sp³-hybridized carbons (Fsp3) is 0.467. The number of likely N-dealkylation sites (N-methyl/N-ethyl adjacent to an activating group) is 1. The van der Waals surface area contributed by atoms with Gasteiger partial charge in [-0.15, -0.1) is 16.4 Å². The second kappa shape index (κ2) is 6.73. The Morgan fingerprint density at radius 3 is 3.14 bits per heavy atom. The Labute approximate surface area is 134 Å². The SMILES string of the molecule is CN(Cc1cc(Cl)cs1)[C@@H]1CCCN(c2cccnn2)C1. The van der Waals surface area contributed by atoms with Crippen molar-refractivity contribution in [2.45, 2.75) is 25.4 Å². The Bertz CT molecular complexity index is 574. The molecule has 2 aromatic heterocycles. The van der Waals surface area contributed by atoms with Crippen LogP contribution in [0.25, 0.3) is 0 Å². The number of rotatable bonds is 4. The molecule has 3 rings (SSSR count). The summed E-state index contributed by atoms with van der Waals surface area (Å²) in [5.74, 6) is 0.981. The van der Waals surface area contributed by atoms with Crippen molar-refractivity contribution in [3.05, 3.63) is 39.7 Å². The summed E-state index contributed by atoms with van der Waals surface area (Å²) in [6, 6.07) is 6.59. The molecule has 6 heteroatoms. The molecule has 1 atom stereocenters. The molecule has 0 unspecified atom stereocenters. The average molecular weight is 323 g/mol. The number of piperidine rings is 1. The molecule has 2 aromatic rings. The van der Waals surface area contributed by atoms with Gasteiger partial charge in [0.05, 0.1) is 5.02 Å². The van der Waals surface area contributed by atoms with Gasteiger partial charge in [-0.25, -0.2) is 0 Å². The van der Waals surface area contributed by atoms with E-state index >= 15 is 0 Å². The molecule has 21 heavy (non-hydrogen) atoms. The number of thiophene rings is 1. The first-order valence-electron chi connectivity index (χ1n) is 7.18. The number of anilines is 1. The van der Waals surface area contributed by atoms with E-state index in [2.05, 4.69) is 33.1 Å². The maximum Gasteiger partial charge on any atom is 0.151 e. The molecule has 1 fully saturated rings. The molecule has 0 spiro atoms. The summed E-state index contributed by atoms with van der Waals surface area (Å²) in [6.45, 7) is 3.03. The number of aromatic nitrogens is 2. The van der Waals surface area contributed by atoms with Gasteiger partial charge < -0.3 is 4.90 Å². The molecule has 1 saturated heterocycles. The first-order chi connectivity index (χ1) is 10.2. The molecule has 112 valence electrons. The topological polar surface area (TPSA) is 32.3 Å². The zero-order valence-corrected chi connectivity index (χ0v) is 13.6. The lowest BCUT2D eigenvalue weighted by Crippen LogP contribution is -2.46. The van der Waals surface area contributed by atoms with Crippen molar-refractivity contribution < 1.29 is 0 Å². The van der Waals surface area contributed by atoms with E-state index in [9.17, 15) is 0 Å². The fourth-order valence-corrected chi connectivity index (χ4v) is 3.93. The lowest BCUT2D eigenvalue weighted by molar-refractivity contribution is 0.209. The predicted octanol–water partition coefficient (Wildman–Crippen LogP) is 3.29. The first kappa shape index (κ1) is 14.8. The van der Waals surface area contributed by atoms with Gasteiger partial charge in [-0.1, -0.05) is 11.6 Å². The second-order valence-corrected chi connectivity index (χ2v) is 6.90. The molecule has 0 amide bonds. The molecule has 0 aliphatic carbocycles. The van der Waals surface area contributed by atoms with Crippen molar-refractivity contribution in [2.75, 3.05) is 25.0 Å². The molecule has 0 saturated carbocycles. The quantitative estimate of drug-likeness (QED) is 0.864. The maximum atomic E-state index is 6.00. The predicted molar refractivity (Wildman–Crippen MR) is 88.1 cm³/mol. The molecule has 0 radical (unpaired) electrons. The highest BCUT2D eigenvalue weighted by molar-refractivity contribution is 7.10. The van der Waals surface area contributed by atoms with Crippen molar-refractivity contribution in [2.24, 2.45) is 0 Å². The van der Waals surface area contributed by atoms with Crippen LogP contribution < -0.4 is 4.90 Å². The van der Waals surface area contributed by atoms with Crippen LogP contribution in [0, 0.1) is 0 Å². The molecule has 1 aliphatic heterocycles. The maximum absolute atomic E-state index is 6.00. The van der Waals surface area contributed by atoms with Gasteiger partial charge in [-0.2, -0.15) is 5.10 Å². The van der Waals surface area contributed by atoms with Crippen LogP contribution in [-0.4, -0.2) is 41.3 Å². The molecule has 0 aromatic carbocycles. The van der Waals surface area contributed by atoms with E-state index < -0.39 is 0 Å². The lowest BCUT2D eigenvalue weighted by atomic mass is 10.0. The summed E-state index contributed by atoms with van der Waals surface area (Å²) in [5.41, 5.74) is 0. The minimum Gasteiger partial charge on any atom is -0.354 e. The molecule has 1 aliphatic rings. The molecule has 4 nitrogen and oxygen atoms in total. The largest absolute Gasteiger partial charge is 0.354 e. The average Bonchev–Trinajstić information content (AvgIpc) is 2.93. The Kier molecular flexibility index (Phi) is 4.73. The fourth-order valence-electron chi connectivity index (χ4n) is 2.80. The van der Waals surface area contributed by atoms with E-state index in [1.165, 1.54) is 17.7 Å². The highest BCUT2D eigenvalue weighted by Gasteiger charge is 2.24. The summed E-state index contributed by atoms with van der Waals surface area (Å²) in [4.78, 5) is 6.07. The van der Waals surface area contributed by atoms with Gasteiger partial charge in [0.15, 0.2) is 5.82 Å². The molecular weight excluding hydrogens is 304 g/mol. The number of halogens is 1. The molecule has 3 heterocycles. The third-order valence-corrected chi connectivity index (χ3v) is 5.20. The summed E-state index contributed by atoms with van der Waals surface area (Å²) < 4.78 is 0. The normalized spacial score (nSPS) is 19.2. The van der Waals surface area contributed by atoms with Gasteiger partial charge in [0, 0.05) is 42.1 Å². The zero-order valence-electron chi connectivity index (χ0n) is 12.1. The van der Waals surface area contributed by atoms with Gasteiger partial charge in [0.1, 0.15) is 0 Å². The third kappa shape index (κ3) is 3.73. The third-order valence-electron chi connectivity index (χ3n) is 3.93. The van der Waals surface area contributed by atoms with Gasteiger partial charge in [-0.3, -0.25) is 4.90 Å². The van der Waals surface area contributed by atoms with Crippen LogP contribution in [0.4, 0.5) is 5.82 Å². The van der Waals surface area contributed by atoms with E-state index in [1.54, 1.807) is 17.5 Å². The minimum absolute atomic E-state index is 0.543. The Balaban J connectivity index is 1.62. The van der Waals surface area contributed by atoms with Crippen molar-refractivity contribution >= 4 is 28.8 Å². The van der Waals surface area contributed by atoms with Gasteiger partial charge in [-0.05, 0) is 38.1 Å². The van der Waals surface area contributed by atoms with Gasteiger partial charge in [0.25, 0.3) is 0 Å². The van der Waals surface area contributed by atoms with E-state index in [1.807, 2.05) is 17.5 Å². The van der Waals surface area contributed by atoms with Crippen molar-refractivity contribution in [3.63, 3.8) is 0 Å². The van der Waals surface area contributed by atoms with Crippen LogP contribution in [0.1, 0.15) is 17.7 Å². The van der Waals surface area contributed by atoms with Crippen molar-refractivity contribution in [1.82, 2.24) is 15.1 Å². The highest BCUT2D eigenvalue weighted by Crippen LogP contribution is 2.24. The van der Waals surface area contributed by atoms with Crippen molar-refractivity contribution in [3.8, 4) is 0 Å². The summed E-state index contributed by atoms with van der Waals surface area (Å²) in [6.07, 6.45) is 4.14. The number of hydrogen-bond acceptors (Lipinski definition) is 5. The molecular formula is C15H19ClN4S. The van der Waals surface area contributed by atoms with Gasteiger partial charge in [0.2, 0.25) is 0 Å². The Hall–Kier alpha value is -1.17. The Morgan fingerprint density at radius 2 is 2.43 bits per heavy atom. The number of nitrogens with zero attached hydrogens (tertiary/aromatic N) is 4. The monoisotopic (exact) mass is 322 g/mol.